The lowest BCUT2D eigenvalue weighted by Gasteiger charge is -2.40. The lowest BCUT2D eigenvalue weighted by Crippen LogP contribution is -2.55. The van der Waals surface area contributed by atoms with Crippen LogP contribution in [0.15, 0.2) is 0 Å². The van der Waals surface area contributed by atoms with E-state index in [2.05, 4.69) is 31.0 Å². The van der Waals surface area contributed by atoms with Crippen molar-refractivity contribution in [2.75, 3.05) is 13.1 Å². The average molecular weight is 196 g/mol. The van der Waals surface area contributed by atoms with E-state index in [1.54, 1.807) is 0 Å². The Labute approximate surface area is 88.1 Å². The Bertz CT molecular complexity index is 195. The maximum absolute atomic E-state index is 3.79. The summed E-state index contributed by atoms with van der Waals surface area (Å²) in [5, 5.41) is 3.79. The molecule has 0 saturated carbocycles. The molecule has 0 amide bonds. The Morgan fingerprint density at radius 2 is 1.71 bits per heavy atom. The van der Waals surface area contributed by atoms with E-state index in [0.29, 0.717) is 0 Å². The molecule has 2 nitrogen and oxygen atoms in total. The highest BCUT2D eigenvalue weighted by Crippen LogP contribution is 2.28. The zero-order valence-electron chi connectivity index (χ0n) is 9.84. The number of nitrogens with zero attached hydrogens (tertiary/aromatic N) is 1. The zero-order chi connectivity index (χ0) is 10.2. The molecule has 1 N–H and O–H groups in total. The Balaban J connectivity index is 1.97. The molecule has 0 bridgehead atoms. The number of nitrogens with one attached hydrogen (secondary N) is 1. The first-order valence-corrected chi connectivity index (χ1v) is 6.08. The second-order valence-corrected chi connectivity index (χ2v) is 5.89. The van der Waals surface area contributed by atoms with Gasteiger partial charge >= 0.3 is 0 Å². The number of hydrogen-bond donors (Lipinski definition) is 1. The lowest BCUT2D eigenvalue weighted by atomic mass is 9.93. The molecule has 0 aliphatic carbocycles. The SMILES string of the molecule is CC(C)(C)N[C@@H]1CCCN2CCC[C@H]12. The summed E-state index contributed by atoms with van der Waals surface area (Å²) in [6, 6.07) is 1.58. The van der Waals surface area contributed by atoms with Crippen molar-refractivity contribution in [2.24, 2.45) is 0 Å². The van der Waals surface area contributed by atoms with Crippen LogP contribution in [-0.4, -0.2) is 35.6 Å². The summed E-state index contributed by atoms with van der Waals surface area (Å²) in [7, 11) is 0. The quantitative estimate of drug-likeness (QED) is 0.690. The van der Waals surface area contributed by atoms with Gasteiger partial charge in [0.2, 0.25) is 0 Å². The van der Waals surface area contributed by atoms with Gasteiger partial charge in [-0.2, -0.15) is 0 Å². The Morgan fingerprint density at radius 1 is 1.07 bits per heavy atom. The van der Waals surface area contributed by atoms with Crippen LogP contribution >= 0.6 is 0 Å². The van der Waals surface area contributed by atoms with Crippen molar-refractivity contribution in [1.29, 1.82) is 0 Å². The predicted molar refractivity (Wildman–Crippen MR) is 60.5 cm³/mol. The molecule has 2 fully saturated rings. The summed E-state index contributed by atoms with van der Waals surface area (Å²) in [6.07, 6.45) is 5.57. The Hall–Kier alpha value is -0.0800. The minimum Gasteiger partial charge on any atom is -0.308 e. The molecule has 0 aromatic carbocycles. The topological polar surface area (TPSA) is 15.3 Å². The third-order valence-electron chi connectivity index (χ3n) is 3.46. The van der Waals surface area contributed by atoms with Gasteiger partial charge in [0.1, 0.15) is 0 Å². The Morgan fingerprint density at radius 3 is 2.36 bits per heavy atom. The highest BCUT2D eigenvalue weighted by Gasteiger charge is 2.35. The molecule has 14 heavy (non-hydrogen) atoms. The van der Waals surface area contributed by atoms with Crippen molar-refractivity contribution >= 4 is 0 Å². The van der Waals surface area contributed by atoms with Crippen molar-refractivity contribution < 1.29 is 0 Å². The van der Waals surface area contributed by atoms with Crippen LogP contribution in [-0.2, 0) is 0 Å². The van der Waals surface area contributed by atoms with E-state index in [-0.39, 0.29) is 5.54 Å². The normalized spacial score (nSPS) is 34.5. The maximum Gasteiger partial charge on any atom is 0.0250 e. The molecular weight excluding hydrogens is 172 g/mol. The Kier molecular flexibility index (Phi) is 2.85. The van der Waals surface area contributed by atoms with Gasteiger partial charge in [-0.3, -0.25) is 4.90 Å². The largest absolute Gasteiger partial charge is 0.308 e. The van der Waals surface area contributed by atoms with Gasteiger partial charge in [0.25, 0.3) is 0 Å². The van der Waals surface area contributed by atoms with Gasteiger partial charge in [-0.25, -0.2) is 0 Å². The van der Waals surface area contributed by atoms with E-state index in [9.17, 15) is 0 Å². The van der Waals surface area contributed by atoms with Crippen molar-refractivity contribution in [2.45, 2.75) is 64.1 Å². The van der Waals surface area contributed by atoms with Crippen LogP contribution in [0.1, 0.15) is 46.5 Å². The summed E-state index contributed by atoms with van der Waals surface area (Å²) < 4.78 is 0. The molecule has 0 spiro atoms. The summed E-state index contributed by atoms with van der Waals surface area (Å²) in [4.78, 5) is 2.69. The predicted octanol–water partition coefficient (Wildman–Crippen LogP) is 2.00. The zero-order valence-corrected chi connectivity index (χ0v) is 9.84. The first-order valence-electron chi connectivity index (χ1n) is 6.08. The monoisotopic (exact) mass is 196 g/mol. The third-order valence-corrected chi connectivity index (χ3v) is 3.46. The minimum atomic E-state index is 0.274. The molecule has 2 aliphatic heterocycles. The summed E-state index contributed by atoms with van der Waals surface area (Å²) >= 11 is 0. The summed E-state index contributed by atoms with van der Waals surface area (Å²) in [5.41, 5.74) is 0.274. The van der Waals surface area contributed by atoms with Gasteiger partial charge in [-0.15, -0.1) is 0 Å². The molecule has 2 heterocycles. The molecule has 2 aliphatic rings. The number of hydrogen-bond acceptors (Lipinski definition) is 2. The van der Waals surface area contributed by atoms with E-state index in [1.165, 1.54) is 38.8 Å². The van der Waals surface area contributed by atoms with E-state index in [0.717, 1.165) is 12.1 Å². The van der Waals surface area contributed by atoms with Crippen LogP contribution in [0.25, 0.3) is 0 Å². The molecule has 2 saturated heterocycles. The van der Waals surface area contributed by atoms with E-state index in [1.807, 2.05) is 0 Å². The van der Waals surface area contributed by atoms with Crippen LogP contribution in [0.3, 0.4) is 0 Å². The first kappa shape index (κ1) is 10.4. The molecule has 2 heteroatoms. The molecule has 0 unspecified atom stereocenters. The molecule has 0 radical (unpaired) electrons. The van der Waals surface area contributed by atoms with Crippen molar-refractivity contribution in [3.8, 4) is 0 Å². The highest BCUT2D eigenvalue weighted by atomic mass is 15.2. The highest BCUT2D eigenvalue weighted by molar-refractivity contribution is 4.95. The smallest absolute Gasteiger partial charge is 0.0250 e. The number of rotatable bonds is 1. The van der Waals surface area contributed by atoms with Crippen LogP contribution < -0.4 is 5.32 Å². The second kappa shape index (κ2) is 3.82. The van der Waals surface area contributed by atoms with Gasteiger partial charge in [0.15, 0.2) is 0 Å². The standard InChI is InChI=1S/C12H24N2/c1-12(2,3)13-10-6-4-8-14-9-5-7-11(10)14/h10-11,13H,4-9H2,1-3H3/t10-,11-/m1/s1. The maximum atomic E-state index is 3.79. The number of piperidine rings is 1. The van der Waals surface area contributed by atoms with E-state index >= 15 is 0 Å². The van der Waals surface area contributed by atoms with Gasteiger partial charge in [0, 0.05) is 17.6 Å². The van der Waals surface area contributed by atoms with Crippen LogP contribution in [0.4, 0.5) is 0 Å². The van der Waals surface area contributed by atoms with Gasteiger partial charge in [-0.1, -0.05) is 0 Å². The summed E-state index contributed by atoms with van der Waals surface area (Å²) in [6.45, 7) is 9.52. The van der Waals surface area contributed by atoms with Crippen LogP contribution in [0.2, 0.25) is 0 Å². The van der Waals surface area contributed by atoms with Crippen molar-refractivity contribution in [3.05, 3.63) is 0 Å². The fourth-order valence-corrected chi connectivity index (χ4v) is 3.02. The molecular formula is C12H24N2. The number of fused-ring (bicyclic) bond motifs is 1. The molecule has 2 rings (SSSR count). The fourth-order valence-electron chi connectivity index (χ4n) is 3.02. The van der Waals surface area contributed by atoms with Crippen LogP contribution in [0.5, 0.6) is 0 Å². The van der Waals surface area contributed by atoms with Gasteiger partial charge in [0.05, 0.1) is 0 Å². The van der Waals surface area contributed by atoms with E-state index < -0.39 is 0 Å². The molecule has 82 valence electrons. The van der Waals surface area contributed by atoms with Gasteiger partial charge in [-0.05, 0) is 59.5 Å². The van der Waals surface area contributed by atoms with Crippen LogP contribution in [0, 0.1) is 0 Å². The lowest BCUT2D eigenvalue weighted by molar-refractivity contribution is 0.136. The minimum absolute atomic E-state index is 0.274. The molecule has 0 aromatic rings. The third kappa shape index (κ3) is 2.29. The van der Waals surface area contributed by atoms with Crippen molar-refractivity contribution in [3.63, 3.8) is 0 Å². The second-order valence-electron chi connectivity index (χ2n) is 5.89. The van der Waals surface area contributed by atoms with Gasteiger partial charge < -0.3 is 5.32 Å². The summed E-state index contributed by atoms with van der Waals surface area (Å²) in [5.74, 6) is 0. The van der Waals surface area contributed by atoms with Crippen molar-refractivity contribution in [1.82, 2.24) is 10.2 Å². The fraction of sp³-hybridized carbons (Fsp3) is 1.00. The first-order chi connectivity index (χ1) is 6.56. The average Bonchev–Trinajstić information content (AvgIpc) is 2.49. The molecule has 2 atom stereocenters. The molecule has 0 aromatic heterocycles. The van der Waals surface area contributed by atoms with E-state index in [4.69, 9.17) is 0 Å².